The number of anilines is 3. The molecule has 4 rings (SSSR count). The first-order valence-electron chi connectivity index (χ1n) is 7.90. The third-order valence-electron chi connectivity index (χ3n) is 3.51. The van der Waals surface area contributed by atoms with E-state index < -0.39 is 0 Å². The van der Waals surface area contributed by atoms with E-state index in [1.54, 1.807) is 36.1 Å². The van der Waals surface area contributed by atoms with Crippen molar-refractivity contribution in [3.05, 3.63) is 41.6 Å². The summed E-state index contributed by atoms with van der Waals surface area (Å²) in [5.74, 6) is 1.57. The van der Waals surface area contributed by atoms with Crippen LogP contribution in [-0.4, -0.2) is 36.0 Å². The summed E-state index contributed by atoms with van der Waals surface area (Å²) in [6.45, 7) is 2.91. The van der Waals surface area contributed by atoms with Crippen LogP contribution in [-0.2, 0) is 0 Å². The van der Waals surface area contributed by atoms with Crippen LogP contribution in [0, 0.1) is 0 Å². The van der Waals surface area contributed by atoms with E-state index in [1.165, 1.54) is 0 Å². The van der Waals surface area contributed by atoms with Gasteiger partial charge in [0.1, 0.15) is 6.33 Å². The molecule has 4 heterocycles. The molecule has 0 fully saturated rings. The molecule has 0 spiro atoms. The normalized spacial score (nSPS) is 10.9. The smallest absolute Gasteiger partial charge is 0.233 e. The number of hydrogen-bond donors (Lipinski definition) is 2. The van der Waals surface area contributed by atoms with Crippen molar-refractivity contribution in [3.8, 4) is 5.69 Å². The molecule has 0 aliphatic carbocycles. The van der Waals surface area contributed by atoms with Gasteiger partial charge in [-0.3, -0.25) is 9.88 Å². The van der Waals surface area contributed by atoms with Crippen molar-refractivity contribution in [2.24, 2.45) is 0 Å². The number of imidazole rings is 1. The van der Waals surface area contributed by atoms with Gasteiger partial charge in [0, 0.05) is 24.3 Å². The number of thiophene rings is 1. The van der Waals surface area contributed by atoms with Gasteiger partial charge in [0.25, 0.3) is 0 Å². The van der Waals surface area contributed by atoms with E-state index in [2.05, 4.69) is 47.9 Å². The zero-order valence-corrected chi connectivity index (χ0v) is 14.4. The van der Waals surface area contributed by atoms with Crippen LogP contribution in [0.2, 0.25) is 0 Å². The molecule has 0 aromatic carbocycles. The molecule has 2 N–H and O–H groups in total. The summed E-state index contributed by atoms with van der Waals surface area (Å²) >= 11 is 1.63. The van der Waals surface area contributed by atoms with Crippen LogP contribution in [0.15, 0.2) is 41.6 Å². The minimum absolute atomic E-state index is 0.425. The molecule has 0 saturated carbocycles. The van der Waals surface area contributed by atoms with E-state index in [9.17, 15) is 0 Å². The van der Waals surface area contributed by atoms with Crippen molar-refractivity contribution in [2.45, 2.75) is 13.3 Å². The fourth-order valence-electron chi connectivity index (χ4n) is 2.37. The standard InChI is InChI=1S/C16H16N8S/c1-2-5-17-13-12-14(24(10-20-12)11-4-8-25-9-11)22-16(21-13)23-15-18-6-3-7-19-15/h3-4,6-10H,2,5H2,1H3,(H2,17,18,19,21,22,23). The molecule has 4 aromatic heterocycles. The lowest BCUT2D eigenvalue weighted by Gasteiger charge is -2.09. The Labute approximate surface area is 148 Å². The summed E-state index contributed by atoms with van der Waals surface area (Å²) in [4.78, 5) is 22.0. The van der Waals surface area contributed by atoms with Gasteiger partial charge in [0.2, 0.25) is 11.9 Å². The Morgan fingerprint density at radius 1 is 1.12 bits per heavy atom. The molecule has 0 bridgehead atoms. The largest absolute Gasteiger partial charge is 0.368 e. The number of rotatable bonds is 6. The third kappa shape index (κ3) is 3.13. The van der Waals surface area contributed by atoms with Crippen molar-refractivity contribution in [3.63, 3.8) is 0 Å². The second-order valence-electron chi connectivity index (χ2n) is 5.29. The van der Waals surface area contributed by atoms with Gasteiger partial charge in [-0.2, -0.15) is 21.3 Å². The zero-order valence-electron chi connectivity index (χ0n) is 13.5. The summed E-state index contributed by atoms with van der Waals surface area (Å²) in [5.41, 5.74) is 2.49. The molecule has 0 atom stereocenters. The van der Waals surface area contributed by atoms with E-state index in [-0.39, 0.29) is 0 Å². The van der Waals surface area contributed by atoms with E-state index in [0.29, 0.717) is 17.7 Å². The maximum atomic E-state index is 4.62. The Hall–Kier alpha value is -3.07. The number of nitrogens with zero attached hydrogens (tertiary/aromatic N) is 6. The van der Waals surface area contributed by atoms with Crippen molar-refractivity contribution < 1.29 is 0 Å². The first-order chi connectivity index (χ1) is 12.3. The highest BCUT2D eigenvalue weighted by atomic mass is 32.1. The van der Waals surface area contributed by atoms with Crippen LogP contribution in [0.4, 0.5) is 17.7 Å². The van der Waals surface area contributed by atoms with E-state index in [1.807, 2.05) is 16.0 Å². The second-order valence-corrected chi connectivity index (χ2v) is 6.07. The van der Waals surface area contributed by atoms with Gasteiger partial charge < -0.3 is 5.32 Å². The SMILES string of the molecule is CCCNc1nc(Nc2ncccn2)nc2c1ncn2-c1ccsc1. The first kappa shape index (κ1) is 15.5. The van der Waals surface area contributed by atoms with Crippen LogP contribution >= 0.6 is 11.3 Å². The second kappa shape index (κ2) is 6.81. The Morgan fingerprint density at radius 2 is 2.00 bits per heavy atom. The van der Waals surface area contributed by atoms with E-state index in [4.69, 9.17) is 0 Å². The summed E-state index contributed by atoms with van der Waals surface area (Å²) < 4.78 is 1.95. The molecule has 0 radical (unpaired) electrons. The van der Waals surface area contributed by atoms with Gasteiger partial charge in [0.05, 0.1) is 5.69 Å². The van der Waals surface area contributed by atoms with Gasteiger partial charge in [-0.15, -0.1) is 0 Å². The molecule has 126 valence electrons. The molecular formula is C16H16N8S. The van der Waals surface area contributed by atoms with E-state index >= 15 is 0 Å². The summed E-state index contributed by atoms with van der Waals surface area (Å²) in [5, 5.41) is 10.4. The Balaban J connectivity index is 1.81. The molecule has 0 amide bonds. The van der Waals surface area contributed by atoms with Crippen LogP contribution in [0.3, 0.4) is 0 Å². The quantitative estimate of drug-likeness (QED) is 0.550. The van der Waals surface area contributed by atoms with Crippen LogP contribution in [0.25, 0.3) is 16.9 Å². The molecular weight excluding hydrogens is 336 g/mol. The van der Waals surface area contributed by atoms with Crippen molar-refractivity contribution in [2.75, 3.05) is 17.2 Å². The summed E-state index contributed by atoms with van der Waals surface area (Å²) in [6.07, 6.45) is 6.09. The van der Waals surface area contributed by atoms with E-state index in [0.717, 1.165) is 29.8 Å². The van der Waals surface area contributed by atoms with Crippen molar-refractivity contribution in [1.29, 1.82) is 0 Å². The average molecular weight is 352 g/mol. The fraction of sp³-hybridized carbons (Fsp3) is 0.188. The summed E-state index contributed by atoms with van der Waals surface area (Å²) in [7, 11) is 0. The minimum atomic E-state index is 0.425. The zero-order chi connectivity index (χ0) is 17.1. The van der Waals surface area contributed by atoms with Gasteiger partial charge in [0.15, 0.2) is 17.0 Å². The number of aromatic nitrogens is 6. The van der Waals surface area contributed by atoms with Crippen LogP contribution in [0.5, 0.6) is 0 Å². The highest BCUT2D eigenvalue weighted by Gasteiger charge is 2.15. The van der Waals surface area contributed by atoms with Gasteiger partial charge in [-0.1, -0.05) is 6.92 Å². The lowest BCUT2D eigenvalue weighted by atomic mass is 10.4. The lowest BCUT2D eigenvalue weighted by molar-refractivity contribution is 0.968. The monoisotopic (exact) mass is 352 g/mol. The number of fused-ring (bicyclic) bond motifs is 1. The Kier molecular flexibility index (Phi) is 4.21. The molecule has 25 heavy (non-hydrogen) atoms. The first-order valence-corrected chi connectivity index (χ1v) is 8.85. The van der Waals surface area contributed by atoms with Crippen LogP contribution < -0.4 is 10.6 Å². The Bertz CT molecular complexity index is 965. The van der Waals surface area contributed by atoms with Gasteiger partial charge in [-0.05, 0) is 23.9 Å². The number of nitrogens with one attached hydrogen (secondary N) is 2. The third-order valence-corrected chi connectivity index (χ3v) is 4.18. The highest BCUT2D eigenvalue weighted by Crippen LogP contribution is 2.25. The topological polar surface area (TPSA) is 93.4 Å². The Morgan fingerprint density at radius 3 is 2.76 bits per heavy atom. The average Bonchev–Trinajstić information content (AvgIpc) is 3.29. The van der Waals surface area contributed by atoms with Crippen molar-refractivity contribution in [1.82, 2.24) is 29.5 Å². The molecule has 9 heteroatoms. The van der Waals surface area contributed by atoms with Crippen LogP contribution in [0.1, 0.15) is 13.3 Å². The lowest BCUT2D eigenvalue weighted by Crippen LogP contribution is -2.08. The molecule has 0 aliphatic rings. The van der Waals surface area contributed by atoms with Gasteiger partial charge >= 0.3 is 0 Å². The molecule has 0 aliphatic heterocycles. The highest BCUT2D eigenvalue weighted by molar-refractivity contribution is 7.08. The predicted octanol–water partition coefficient (Wildman–Crippen LogP) is 3.23. The number of hydrogen-bond acceptors (Lipinski definition) is 8. The van der Waals surface area contributed by atoms with Crippen molar-refractivity contribution >= 4 is 40.2 Å². The molecule has 0 saturated heterocycles. The fourth-order valence-corrected chi connectivity index (χ4v) is 3.00. The molecule has 4 aromatic rings. The predicted molar refractivity (Wildman–Crippen MR) is 98.6 cm³/mol. The summed E-state index contributed by atoms with van der Waals surface area (Å²) in [6, 6.07) is 3.79. The maximum Gasteiger partial charge on any atom is 0.233 e. The molecule has 8 nitrogen and oxygen atoms in total. The minimum Gasteiger partial charge on any atom is -0.368 e. The maximum absolute atomic E-state index is 4.62. The molecule has 0 unspecified atom stereocenters. The van der Waals surface area contributed by atoms with Gasteiger partial charge in [-0.25, -0.2) is 15.0 Å².